The Labute approximate surface area is 193 Å². The van der Waals surface area contributed by atoms with E-state index in [2.05, 4.69) is 15.5 Å². The topological polar surface area (TPSA) is 61.4 Å². The standard InChI is InChI=1S/C27H28FN3O2/c1-19(20-7-3-2-4-8-20)29-27(33)24-9-5-6-10-25(24)31-17-15-23(16-18-31)30-26(32)21-11-13-22(28)14-12-21/h2-14,19,23H,15-18H2,1H3,(H,29,33)(H,30,32). The Kier molecular flexibility index (Phi) is 7.03. The van der Waals surface area contributed by atoms with E-state index in [1.807, 2.05) is 61.5 Å². The van der Waals surface area contributed by atoms with Crippen molar-refractivity contribution in [3.63, 3.8) is 0 Å². The van der Waals surface area contributed by atoms with Crippen LogP contribution in [0.3, 0.4) is 0 Å². The van der Waals surface area contributed by atoms with Crippen molar-refractivity contribution in [2.45, 2.75) is 31.8 Å². The van der Waals surface area contributed by atoms with Gasteiger partial charge in [0.15, 0.2) is 0 Å². The molecule has 0 aliphatic carbocycles. The van der Waals surface area contributed by atoms with Crippen molar-refractivity contribution < 1.29 is 14.0 Å². The minimum absolute atomic E-state index is 0.0397. The summed E-state index contributed by atoms with van der Waals surface area (Å²) in [6.45, 7) is 3.44. The number of amides is 2. The van der Waals surface area contributed by atoms with Crippen LogP contribution in [0.4, 0.5) is 10.1 Å². The largest absolute Gasteiger partial charge is 0.371 e. The van der Waals surface area contributed by atoms with Crippen LogP contribution in [0.5, 0.6) is 0 Å². The molecule has 1 saturated heterocycles. The second-order valence-corrected chi connectivity index (χ2v) is 8.36. The lowest BCUT2D eigenvalue weighted by atomic mass is 10.0. The van der Waals surface area contributed by atoms with Gasteiger partial charge in [-0.3, -0.25) is 9.59 Å². The van der Waals surface area contributed by atoms with E-state index >= 15 is 0 Å². The molecule has 1 aliphatic rings. The summed E-state index contributed by atoms with van der Waals surface area (Å²) in [6.07, 6.45) is 1.53. The van der Waals surface area contributed by atoms with Gasteiger partial charge in [0.25, 0.3) is 11.8 Å². The van der Waals surface area contributed by atoms with E-state index < -0.39 is 0 Å². The van der Waals surface area contributed by atoms with Crippen LogP contribution < -0.4 is 15.5 Å². The molecule has 3 aromatic carbocycles. The molecule has 1 atom stereocenters. The molecule has 3 aromatic rings. The number of nitrogens with zero attached hydrogens (tertiary/aromatic N) is 1. The molecular weight excluding hydrogens is 417 g/mol. The average molecular weight is 446 g/mol. The first kappa shape index (κ1) is 22.5. The van der Waals surface area contributed by atoms with Crippen LogP contribution in [0, 0.1) is 5.82 Å². The van der Waals surface area contributed by atoms with E-state index in [-0.39, 0.29) is 29.7 Å². The molecule has 2 N–H and O–H groups in total. The van der Waals surface area contributed by atoms with Crippen molar-refractivity contribution in [3.8, 4) is 0 Å². The van der Waals surface area contributed by atoms with Crippen molar-refractivity contribution in [3.05, 3.63) is 101 Å². The fourth-order valence-corrected chi connectivity index (χ4v) is 4.18. The highest BCUT2D eigenvalue weighted by Crippen LogP contribution is 2.25. The number of anilines is 1. The highest BCUT2D eigenvalue weighted by molar-refractivity contribution is 6.00. The van der Waals surface area contributed by atoms with Crippen LogP contribution in [0.2, 0.25) is 0 Å². The summed E-state index contributed by atoms with van der Waals surface area (Å²) < 4.78 is 13.1. The van der Waals surface area contributed by atoms with Gasteiger partial charge in [-0.2, -0.15) is 0 Å². The number of carbonyl (C=O) groups excluding carboxylic acids is 2. The molecule has 0 saturated carbocycles. The first-order valence-corrected chi connectivity index (χ1v) is 11.3. The van der Waals surface area contributed by atoms with E-state index in [0.29, 0.717) is 11.1 Å². The van der Waals surface area contributed by atoms with Crippen LogP contribution in [0.15, 0.2) is 78.9 Å². The molecule has 4 rings (SSSR count). The highest BCUT2D eigenvalue weighted by Gasteiger charge is 2.24. The number of hydrogen-bond donors (Lipinski definition) is 2. The molecule has 0 bridgehead atoms. The SMILES string of the molecule is CC(NC(=O)c1ccccc1N1CCC(NC(=O)c2ccc(F)cc2)CC1)c1ccccc1. The Morgan fingerprint density at radius 2 is 1.52 bits per heavy atom. The van der Waals surface area contributed by atoms with E-state index in [4.69, 9.17) is 0 Å². The lowest BCUT2D eigenvalue weighted by molar-refractivity contribution is 0.0928. The molecule has 0 spiro atoms. The second-order valence-electron chi connectivity index (χ2n) is 8.36. The molecule has 0 radical (unpaired) electrons. The minimum atomic E-state index is -0.360. The summed E-state index contributed by atoms with van der Waals surface area (Å²) in [5, 5.41) is 6.14. The van der Waals surface area contributed by atoms with E-state index in [9.17, 15) is 14.0 Å². The third-order valence-electron chi connectivity index (χ3n) is 6.07. The molecule has 33 heavy (non-hydrogen) atoms. The monoisotopic (exact) mass is 445 g/mol. The van der Waals surface area contributed by atoms with Crippen LogP contribution in [0.25, 0.3) is 0 Å². The van der Waals surface area contributed by atoms with Crippen LogP contribution in [-0.4, -0.2) is 30.9 Å². The van der Waals surface area contributed by atoms with Gasteiger partial charge >= 0.3 is 0 Å². The molecule has 1 aliphatic heterocycles. The smallest absolute Gasteiger partial charge is 0.253 e. The number of benzene rings is 3. The van der Waals surface area contributed by atoms with Gasteiger partial charge in [0.2, 0.25) is 0 Å². The summed E-state index contributed by atoms with van der Waals surface area (Å²) in [5.74, 6) is -0.655. The van der Waals surface area contributed by atoms with Crippen LogP contribution in [-0.2, 0) is 0 Å². The zero-order chi connectivity index (χ0) is 23.2. The molecule has 1 unspecified atom stereocenters. The fourth-order valence-electron chi connectivity index (χ4n) is 4.18. The van der Waals surface area contributed by atoms with Gasteiger partial charge in [-0.1, -0.05) is 42.5 Å². The number of rotatable bonds is 6. The third-order valence-corrected chi connectivity index (χ3v) is 6.07. The summed E-state index contributed by atoms with van der Waals surface area (Å²) in [5.41, 5.74) is 3.06. The predicted octanol–water partition coefficient (Wildman–Crippen LogP) is 4.72. The molecule has 6 heteroatoms. The molecule has 1 heterocycles. The Morgan fingerprint density at radius 3 is 2.21 bits per heavy atom. The number of piperidine rings is 1. The maximum atomic E-state index is 13.1. The maximum Gasteiger partial charge on any atom is 0.253 e. The average Bonchev–Trinajstić information content (AvgIpc) is 2.85. The van der Waals surface area contributed by atoms with Gasteiger partial charge in [-0.25, -0.2) is 4.39 Å². The van der Waals surface area contributed by atoms with Crippen molar-refractivity contribution in [1.82, 2.24) is 10.6 Å². The summed E-state index contributed by atoms with van der Waals surface area (Å²) in [4.78, 5) is 27.7. The molecule has 1 fully saturated rings. The first-order valence-electron chi connectivity index (χ1n) is 11.3. The highest BCUT2D eigenvalue weighted by atomic mass is 19.1. The van der Waals surface area contributed by atoms with Crippen molar-refractivity contribution in [2.24, 2.45) is 0 Å². The molecule has 170 valence electrons. The zero-order valence-electron chi connectivity index (χ0n) is 18.6. The van der Waals surface area contributed by atoms with Crippen molar-refractivity contribution in [1.29, 1.82) is 0 Å². The van der Waals surface area contributed by atoms with Crippen LogP contribution in [0.1, 0.15) is 52.1 Å². The van der Waals surface area contributed by atoms with Gasteiger partial charge in [0.05, 0.1) is 11.6 Å². The first-order chi connectivity index (χ1) is 16.0. The Hall–Kier alpha value is -3.67. The summed E-state index contributed by atoms with van der Waals surface area (Å²) in [7, 11) is 0. The van der Waals surface area contributed by atoms with Gasteiger partial charge in [0.1, 0.15) is 5.82 Å². The number of hydrogen-bond acceptors (Lipinski definition) is 3. The number of nitrogens with one attached hydrogen (secondary N) is 2. The quantitative estimate of drug-likeness (QED) is 0.577. The molecule has 5 nitrogen and oxygen atoms in total. The van der Waals surface area contributed by atoms with Gasteiger partial charge < -0.3 is 15.5 Å². The summed E-state index contributed by atoms with van der Waals surface area (Å²) in [6, 6.07) is 23.0. The molecule has 0 aromatic heterocycles. The molecular formula is C27H28FN3O2. The van der Waals surface area contributed by atoms with E-state index in [1.165, 1.54) is 24.3 Å². The van der Waals surface area contributed by atoms with Gasteiger partial charge in [-0.15, -0.1) is 0 Å². The van der Waals surface area contributed by atoms with Crippen LogP contribution >= 0.6 is 0 Å². The zero-order valence-corrected chi connectivity index (χ0v) is 18.6. The van der Waals surface area contributed by atoms with E-state index in [1.54, 1.807) is 0 Å². The normalized spacial score (nSPS) is 15.0. The second kappa shape index (κ2) is 10.3. The Balaban J connectivity index is 1.37. The number of para-hydroxylation sites is 1. The Bertz CT molecular complexity index is 1090. The third kappa shape index (κ3) is 5.58. The van der Waals surface area contributed by atoms with E-state index in [0.717, 1.165) is 37.2 Å². The Morgan fingerprint density at radius 1 is 0.879 bits per heavy atom. The minimum Gasteiger partial charge on any atom is -0.371 e. The number of halogens is 1. The lowest BCUT2D eigenvalue weighted by Crippen LogP contribution is -2.45. The molecule has 2 amide bonds. The summed E-state index contributed by atoms with van der Waals surface area (Å²) >= 11 is 0. The van der Waals surface area contributed by atoms with Crippen molar-refractivity contribution in [2.75, 3.05) is 18.0 Å². The fraction of sp³-hybridized carbons (Fsp3) is 0.259. The van der Waals surface area contributed by atoms with Gasteiger partial charge in [-0.05, 0) is 61.7 Å². The lowest BCUT2D eigenvalue weighted by Gasteiger charge is -2.35. The number of carbonyl (C=O) groups is 2. The maximum absolute atomic E-state index is 13.1. The predicted molar refractivity (Wildman–Crippen MR) is 128 cm³/mol. The van der Waals surface area contributed by atoms with Gasteiger partial charge in [0, 0.05) is 30.4 Å². The van der Waals surface area contributed by atoms with Crippen molar-refractivity contribution >= 4 is 17.5 Å².